The van der Waals surface area contributed by atoms with Crippen LogP contribution in [0.15, 0.2) is 24.3 Å². The fraction of sp³-hybridized carbons (Fsp3) is 0.500. The highest BCUT2D eigenvalue weighted by Crippen LogP contribution is 2.38. The number of nitrogens with two attached hydrogens (primary N) is 2. The van der Waals surface area contributed by atoms with Gasteiger partial charge in [0, 0.05) is 6.54 Å². The maximum atomic E-state index is 6.31. The lowest BCUT2D eigenvalue weighted by atomic mass is 9.73. The molecule has 0 fully saturated rings. The highest BCUT2D eigenvalue weighted by atomic mass is 14.8. The van der Waals surface area contributed by atoms with Crippen LogP contribution in [0.1, 0.15) is 36.8 Å². The molecule has 0 bridgehead atoms. The average Bonchev–Trinajstić information content (AvgIpc) is 2.24. The van der Waals surface area contributed by atoms with E-state index in [1.807, 2.05) is 6.07 Å². The lowest BCUT2D eigenvalue weighted by Gasteiger charge is -2.37. The fourth-order valence-electron chi connectivity index (χ4n) is 2.36. The van der Waals surface area contributed by atoms with Crippen molar-refractivity contribution >= 4 is 0 Å². The smallest absolute Gasteiger partial charge is 0.0536 e. The molecule has 2 atom stereocenters. The maximum absolute atomic E-state index is 6.31. The van der Waals surface area contributed by atoms with Gasteiger partial charge >= 0.3 is 0 Å². The Morgan fingerprint density at radius 1 is 1.43 bits per heavy atom. The second-order valence-corrected chi connectivity index (χ2v) is 4.39. The van der Waals surface area contributed by atoms with Crippen LogP contribution in [-0.4, -0.2) is 6.54 Å². The van der Waals surface area contributed by atoms with Crippen molar-refractivity contribution in [2.24, 2.45) is 11.5 Å². The van der Waals surface area contributed by atoms with Gasteiger partial charge < -0.3 is 11.5 Å². The van der Waals surface area contributed by atoms with Crippen molar-refractivity contribution in [1.29, 1.82) is 0 Å². The van der Waals surface area contributed by atoms with Gasteiger partial charge in [0.2, 0.25) is 0 Å². The lowest BCUT2D eigenvalue weighted by molar-refractivity contribution is 0.360. The van der Waals surface area contributed by atoms with E-state index < -0.39 is 0 Å². The molecule has 0 amide bonds. The molecule has 0 aromatic heterocycles. The molecule has 2 nitrogen and oxygen atoms in total. The van der Waals surface area contributed by atoms with E-state index in [1.165, 1.54) is 11.1 Å². The molecule has 14 heavy (non-hydrogen) atoms. The van der Waals surface area contributed by atoms with E-state index >= 15 is 0 Å². The summed E-state index contributed by atoms with van der Waals surface area (Å²) in [6, 6.07) is 8.43. The molecular formula is C12H18N2. The van der Waals surface area contributed by atoms with E-state index in [-0.39, 0.29) is 5.54 Å². The Hall–Kier alpha value is -0.860. The van der Waals surface area contributed by atoms with E-state index in [2.05, 4.69) is 25.1 Å². The minimum atomic E-state index is -0.289. The Morgan fingerprint density at radius 2 is 2.14 bits per heavy atom. The minimum Gasteiger partial charge on any atom is -0.328 e. The molecule has 76 valence electrons. The fourth-order valence-corrected chi connectivity index (χ4v) is 2.36. The molecule has 0 radical (unpaired) electrons. The Morgan fingerprint density at radius 3 is 2.86 bits per heavy atom. The van der Waals surface area contributed by atoms with Crippen LogP contribution in [0.3, 0.4) is 0 Å². The first-order chi connectivity index (χ1) is 6.67. The van der Waals surface area contributed by atoms with Crippen LogP contribution < -0.4 is 11.5 Å². The zero-order chi connectivity index (χ0) is 10.2. The van der Waals surface area contributed by atoms with Gasteiger partial charge in [-0.2, -0.15) is 0 Å². The first kappa shape index (κ1) is 9.69. The zero-order valence-corrected chi connectivity index (χ0v) is 8.66. The summed E-state index contributed by atoms with van der Waals surface area (Å²) in [7, 11) is 0. The molecule has 2 rings (SSSR count). The van der Waals surface area contributed by atoms with E-state index in [0.29, 0.717) is 12.5 Å². The number of hydrogen-bond donors (Lipinski definition) is 2. The topological polar surface area (TPSA) is 52.0 Å². The first-order valence-corrected chi connectivity index (χ1v) is 5.26. The predicted octanol–water partition coefficient (Wildman–Crippen LogP) is 1.70. The summed E-state index contributed by atoms with van der Waals surface area (Å²) < 4.78 is 0. The van der Waals surface area contributed by atoms with Crippen LogP contribution >= 0.6 is 0 Å². The summed E-state index contributed by atoms with van der Waals surface area (Å²) >= 11 is 0. The quantitative estimate of drug-likeness (QED) is 0.708. The number of fused-ring (bicyclic) bond motifs is 1. The minimum absolute atomic E-state index is 0.289. The number of hydrogen-bond acceptors (Lipinski definition) is 2. The Balaban J connectivity index is 2.52. The van der Waals surface area contributed by atoms with Gasteiger partial charge in [-0.05, 0) is 29.9 Å². The van der Waals surface area contributed by atoms with Gasteiger partial charge in [0.1, 0.15) is 0 Å². The third-order valence-corrected chi connectivity index (χ3v) is 3.42. The summed E-state index contributed by atoms with van der Waals surface area (Å²) in [6.45, 7) is 2.80. The summed E-state index contributed by atoms with van der Waals surface area (Å²) in [5.41, 5.74) is 14.4. The van der Waals surface area contributed by atoms with Crippen LogP contribution in [0.5, 0.6) is 0 Å². The standard InChI is InChI=1S/C12H18N2/c1-9-6-7-12(14,8-13)11-5-3-2-4-10(9)11/h2-5,9H,6-8,13-14H2,1H3. The second-order valence-electron chi connectivity index (χ2n) is 4.39. The van der Waals surface area contributed by atoms with E-state index in [1.54, 1.807) is 0 Å². The molecular weight excluding hydrogens is 172 g/mol. The van der Waals surface area contributed by atoms with Gasteiger partial charge in [-0.3, -0.25) is 0 Å². The lowest BCUT2D eigenvalue weighted by Crippen LogP contribution is -2.46. The summed E-state index contributed by atoms with van der Waals surface area (Å²) in [5.74, 6) is 0.620. The Bertz CT molecular complexity index is 335. The van der Waals surface area contributed by atoms with Gasteiger partial charge in [-0.15, -0.1) is 0 Å². The number of rotatable bonds is 1. The molecule has 0 heterocycles. The first-order valence-electron chi connectivity index (χ1n) is 5.26. The molecule has 0 spiro atoms. The van der Waals surface area contributed by atoms with Crippen molar-refractivity contribution in [2.75, 3.05) is 6.54 Å². The third kappa shape index (κ3) is 1.35. The largest absolute Gasteiger partial charge is 0.328 e. The van der Waals surface area contributed by atoms with Crippen LogP contribution in [0.2, 0.25) is 0 Å². The van der Waals surface area contributed by atoms with Crippen molar-refractivity contribution in [2.45, 2.75) is 31.2 Å². The van der Waals surface area contributed by atoms with Crippen molar-refractivity contribution in [1.82, 2.24) is 0 Å². The SMILES string of the molecule is CC1CCC(N)(CN)c2ccccc21. The number of benzene rings is 1. The summed E-state index contributed by atoms with van der Waals surface area (Å²) in [4.78, 5) is 0. The Labute approximate surface area is 85.3 Å². The van der Waals surface area contributed by atoms with Crippen LogP contribution in [0.4, 0.5) is 0 Å². The highest BCUT2D eigenvalue weighted by molar-refractivity contribution is 5.38. The van der Waals surface area contributed by atoms with Crippen molar-refractivity contribution < 1.29 is 0 Å². The second kappa shape index (κ2) is 3.37. The van der Waals surface area contributed by atoms with E-state index in [0.717, 1.165) is 12.8 Å². The van der Waals surface area contributed by atoms with Crippen molar-refractivity contribution in [3.63, 3.8) is 0 Å². The Kier molecular flexibility index (Phi) is 2.33. The van der Waals surface area contributed by atoms with Crippen LogP contribution in [0.25, 0.3) is 0 Å². The van der Waals surface area contributed by atoms with Crippen molar-refractivity contribution in [3.8, 4) is 0 Å². The maximum Gasteiger partial charge on any atom is 0.0536 e. The summed E-state index contributed by atoms with van der Waals surface area (Å²) in [6.07, 6.45) is 2.15. The van der Waals surface area contributed by atoms with Crippen molar-refractivity contribution in [3.05, 3.63) is 35.4 Å². The van der Waals surface area contributed by atoms with Gasteiger partial charge in [-0.1, -0.05) is 31.2 Å². The van der Waals surface area contributed by atoms with Crippen LogP contribution in [-0.2, 0) is 5.54 Å². The van der Waals surface area contributed by atoms with Crippen LogP contribution in [0, 0.1) is 0 Å². The molecule has 0 saturated heterocycles. The molecule has 1 aliphatic rings. The van der Waals surface area contributed by atoms with Gasteiger partial charge in [0.05, 0.1) is 5.54 Å². The van der Waals surface area contributed by atoms with Gasteiger partial charge in [-0.25, -0.2) is 0 Å². The monoisotopic (exact) mass is 190 g/mol. The predicted molar refractivity (Wildman–Crippen MR) is 59.0 cm³/mol. The molecule has 2 unspecified atom stereocenters. The molecule has 1 aromatic carbocycles. The van der Waals surface area contributed by atoms with E-state index in [4.69, 9.17) is 11.5 Å². The normalized spacial score (nSPS) is 31.2. The van der Waals surface area contributed by atoms with E-state index in [9.17, 15) is 0 Å². The molecule has 0 aliphatic heterocycles. The molecule has 1 aliphatic carbocycles. The highest BCUT2D eigenvalue weighted by Gasteiger charge is 2.33. The average molecular weight is 190 g/mol. The summed E-state index contributed by atoms with van der Waals surface area (Å²) in [5, 5.41) is 0. The molecule has 4 N–H and O–H groups in total. The van der Waals surface area contributed by atoms with Gasteiger partial charge in [0.25, 0.3) is 0 Å². The molecule has 2 heteroatoms. The third-order valence-electron chi connectivity index (χ3n) is 3.42. The zero-order valence-electron chi connectivity index (χ0n) is 8.66. The molecule has 0 saturated carbocycles. The molecule has 1 aromatic rings. The van der Waals surface area contributed by atoms with Gasteiger partial charge in [0.15, 0.2) is 0 Å².